The molecule has 0 saturated carbocycles. The fraction of sp³-hybridized carbons (Fsp3) is 0. The van der Waals surface area contributed by atoms with Crippen molar-refractivity contribution in [1.82, 2.24) is 0 Å². The summed E-state index contributed by atoms with van der Waals surface area (Å²) in [5.41, 5.74) is -0.0764. The molecule has 3 nitrogen and oxygen atoms in total. The van der Waals surface area contributed by atoms with Crippen molar-refractivity contribution in [3.63, 3.8) is 0 Å². The highest BCUT2D eigenvalue weighted by Crippen LogP contribution is 2.31. The molecule has 0 unspecified atom stereocenters. The third-order valence-corrected chi connectivity index (χ3v) is 3.22. The first kappa shape index (κ1) is 11.8. The summed E-state index contributed by atoms with van der Waals surface area (Å²) in [6.45, 7) is 0. The summed E-state index contributed by atoms with van der Waals surface area (Å²) >= 11 is 5.81. The Hall–Kier alpha value is -2.26. The van der Waals surface area contributed by atoms with E-state index in [4.69, 9.17) is 16.0 Å². The van der Waals surface area contributed by atoms with Crippen molar-refractivity contribution in [2.75, 3.05) is 0 Å². The van der Waals surface area contributed by atoms with Gasteiger partial charge >= 0.3 is 5.63 Å². The predicted octanol–water partition coefficient (Wildman–Crippen LogP) is 3.82. The molecule has 0 amide bonds. The topological polar surface area (TPSA) is 50.4 Å². The highest BCUT2D eigenvalue weighted by molar-refractivity contribution is 6.32. The van der Waals surface area contributed by atoms with E-state index in [1.807, 2.05) is 42.5 Å². The quantitative estimate of drug-likeness (QED) is 0.733. The largest absolute Gasteiger partial charge is 0.501 e. The van der Waals surface area contributed by atoms with Gasteiger partial charge in [0.05, 0.1) is 5.02 Å². The van der Waals surface area contributed by atoms with Gasteiger partial charge in [0.2, 0.25) is 5.75 Å². The van der Waals surface area contributed by atoms with Gasteiger partial charge in [0.1, 0.15) is 5.76 Å². The van der Waals surface area contributed by atoms with E-state index in [9.17, 15) is 9.90 Å². The van der Waals surface area contributed by atoms with E-state index in [1.165, 1.54) is 6.07 Å². The molecule has 1 N–H and O–H groups in total. The Morgan fingerprint density at radius 2 is 1.79 bits per heavy atom. The standard InChI is InChI=1S/C15H9ClO3/c16-12-8-13(19-15(18)14(12)17)11-7-3-5-9-4-1-2-6-10(9)11/h1-8,17H. The first-order chi connectivity index (χ1) is 9.16. The maximum Gasteiger partial charge on any atom is 0.380 e. The van der Waals surface area contributed by atoms with Gasteiger partial charge in [0.15, 0.2) is 0 Å². The molecule has 19 heavy (non-hydrogen) atoms. The first-order valence-corrected chi connectivity index (χ1v) is 6.05. The average Bonchev–Trinajstić information content (AvgIpc) is 2.43. The van der Waals surface area contributed by atoms with Crippen molar-refractivity contribution in [2.24, 2.45) is 0 Å². The number of halogens is 1. The molecule has 0 bridgehead atoms. The second kappa shape index (κ2) is 4.44. The van der Waals surface area contributed by atoms with E-state index in [0.717, 1.165) is 16.3 Å². The third kappa shape index (κ3) is 1.98. The molecule has 0 spiro atoms. The number of hydrogen-bond acceptors (Lipinski definition) is 3. The van der Waals surface area contributed by atoms with Crippen LogP contribution in [-0.2, 0) is 0 Å². The molecule has 4 heteroatoms. The number of rotatable bonds is 1. The summed E-state index contributed by atoms with van der Waals surface area (Å²) in [4.78, 5) is 11.5. The van der Waals surface area contributed by atoms with Crippen molar-refractivity contribution in [3.8, 4) is 17.1 Å². The Labute approximate surface area is 113 Å². The Bertz CT molecular complexity index is 816. The minimum absolute atomic E-state index is 0.0146. The van der Waals surface area contributed by atoms with Crippen LogP contribution in [0.1, 0.15) is 0 Å². The van der Waals surface area contributed by atoms with E-state index < -0.39 is 11.4 Å². The third-order valence-electron chi connectivity index (χ3n) is 2.94. The lowest BCUT2D eigenvalue weighted by Gasteiger charge is -2.06. The van der Waals surface area contributed by atoms with Gasteiger partial charge < -0.3 is 9.52 Å². The smallest absolute Gasteiger partial charge is 0.380 e. The summed E-state index contributed by atoms with van der Waals surface area (Å²) in [5, 5.41) is 11.3. The van der Waals surface area contributed by atoms with E-state index in [-0.39, 0.29) is 5.02 Å². The van der Waals surface area contributed by atoms with E-state index in [2.05, 4.69) is 0 Å². The predicted molar refractivity (Wildman–Crippen MR) is 74.6 cm³/mol. The van der Waals surface area contributed by atoms with Crippen LogP contribution in [0.25, 0.3) is 22.1 Å². The van der Waals surface area contributed by atoms with Gasteiger partial charge in [-0.1, -0.05) is 54.1 Å². The fourth-order valence-corrected chi connectivity index (χ4v) is 2.21. The molecule has 94 valence electrons. The zero-order chi connectivity index (χ0) is 13.4. The van der Waals surface area contributed by atoms with Crippen molar-refractivity contribution in [1.29, 1.82) is 0 Å². The van der Waals surface area contributed by atoms with Gasteiger partial charge in [-0.3, -0.25) is 0 Å². The van der Waals surface area contributed by atoms with Gasteiger partial charge in [0.25, 0.3) is 0 Å². The molecule has 1 aromatic heterocycles. The fourth-order valence-electron chi connectivity index (χ4n) is 2.03. The molecule has 1 heterocycles. The molecule has 0 aliphatic rings. The Morgan fingerprint density at radius 3 is 2.58 bits per heavy atom. The molecule has 0 aliphatic carbocycles. The summed E-state index contributed by atoms with van der Waals surface area (Å²) in [7, 11) is 0. The lowest BCUT2D eigenvalue weighted by atomic mass is 10.0. The van der Waals surface area contributed by atoms with Gasteiger partial charge in [-0.05, 0) is 10.8 Å². The lowest BCUT2D eigenvalue weighted by molar-refractivity contribution is 0.418. The summed E-state index contributed by atoms with van der Waals surface area (Å²) in [5.74, 6) is -0.227. The van der Waals surface area contributed by atoms with Crippen LogP contribution in [0, 0.1) is 0 Å². The first-order valence-electron chi connectivity index (χ1n) is 5.67. The Kier molecular flexibility index (Phi) is 2.76. The van der Waals surface area contributed by atoms with Crippen LogP contribution in [0.15, 0.2) is 57.7 Å². The molecular weight excluding hydrogens is 264 g/mol. The zero-order valence-corrected chi connectivity index (χ0v) is 10.5. The minimum Gasteiger partial charge on any atom is -0.501 e. The van der Waals surface area contributed by atoms with Crippen molar-refractivity contribution < 1.29 is 9.52 Å². The molecule has 0 radical (unpaired) electrons. The van der Waals surface area contributed by atoms with Crippen LogP contribution in [-0.4, -0.2) is 5.11 Å². The van der Waals surface area contributed by atoms with E-state index in [1.54, 1.807) is 0 Å². The number of benzene rings is 2. The van der Waals surface area contributed by atoms with Crippen molar-refractivity contribution in [3.05, 3.63) is 64.0 Å². The second-order valence-electron chi connectivity index (χ2n) is 4.12. The lowest BCUT2D eigenvalue weighted by Crippen LogP contribution is -1.99. The molecule has 0 atom stereocenters. The molecule has 0 fully saturated rings. The van der Waals surface area contributed by atoms with Crippen LogP contribution < -0.4 is 5.63 Å². The van der Waals surface area contributed by atoms with E-state index >= 15 is 0 Å². The highest BCUT2D eigenvalue weighted by Gasteiger charge is 2.12. The highest BCUT2D eigenvalue weighted by atomic mass is 35.5. The minimum atomic E-state index is -0.838. The molecule has 2 aromatic carbocycles. The number of aromatic hydroxyl groups is 1. The molecule has 3 aromatic rings. The Balaban J connectivity index is 2.34. The molecule has 3 rings (SSSR count). The summed E-state index contributed by atoms with van der Waals surface area (Å²) in [6, 6.07) is 14.9. The molecule has 0 saturated heterocycles. The van der Waals surface area contributed by atoms with Gasteiger partial charge in [-0.2, -0.15) is 0 Å². The van der Waals surface area contributed by atoms with Gasteiger partial charge in [-0.15, -0.1) is 0 Å². The molecular formula is C15H9ClO3. The van der Waals surface area contributed by atoms with Crippen molar-refractivity contribution in [2.45, 2.75) is 0 Å². The maximum atomic E-state index is 11.5. The second-order valence-corrected chi connectivity index (χ2v) is 4.53. The van der Waals surface area contributed by atoms with E-state index in [0.29, 0.717) is 5.76 Å². The zero-order valence-electron chi connectivity index (χ0n) is 9.76. The molecule has 0 aliphatic heterocycles. The van der Waals surface area contributed by atoms with Crippen LogP contribution in [0.5, 0.6) is 5.75 Å². The van der Waals surface area contributed by atoms with Crippen LogP contribution in [0.3, 0.4) is 0 Å². The summed E-state index contributed by atoms with van der Waals surface area (Å²) < 4.78 is 5.09. The maximum absolute atomic E-state index is 11.5. The normalized spacial score (nSPS) is 10.8. The average molecular weight is 273 g/mol. The van der Waals surface area contributed by atoms with Crippen LogP contribution in [0.2, 0.25) is 5.02 Å². The van der Waals surface area contributed by atoms with Gasteiger partial charge in [0, 0.05) is 11.6 Å². The monoisotopic (exact) mass is 272 g/mol. The van der Waals surface area contributed by atoms with Gasteiger partial charge in [-0.25, -0.2) is 4.79 Å². The number of fused-ring (bicyclic) bond motifs is 1. The van der Waals surface area contributed by atoms with Crippen LogP contribution >= 0.6 is 11.6 Å². The van der Waals surface area contributed by atoms with Crippen LogP contribution in [0.4, 0.5) is 0 Å². The Morgan fingerprint density at radius 1 is 1.05 bits per heavy atom. The van der Waals surface area contributed by atoms with Crippen molar-refractivity contribution >= 4 is 22.4 Å². The summed E-state index contributed by atoms with van der Waals surface area (Å²) in [6.07, 6.45) is 0. The number of hydrogen-bond donors (Lipinski definition) is 1. The SMILES string of the molecule is O=c1oc(-c2cccc3ccccc23)cc(Cl)c1O.